The molecule has 2 saturated heterocycles. The predicted molar refractivity (Wildman–Crippen MR) is 87.0 cm³/mol. The van der Waals surface area contributed by atoms with Gasteiger partial charge in [-0.15, -0.1) is 0 Å². The smallest absolute Gasteiger partial charge is 0.270 e. The van der Waals surface area contributed by atoms with Gasteiger partial charge in [0.25, 0.3) is 5.91 Å². The molecule has 2 fully saturated rings. The second-order valence-corrected chi connectivity index (χ2v) is 6.41. The quantitative estimate of drug-likeness (QED) is 0.862. The summed E-state index contributed by atoms with van der Waals surface area (Å²) < 4.78 is 5.63. The van der Waals surface area contributed by atoms with E-state index in [-0.39, 0.29) is 11.9 Å². The first-order valence-corrected chi connectivity index (χ1v) is 8.07. The van der Waals surface area contributed by atoms with Gasteiger partial charge in [-0.25, -0.2) is 0 Å². The van der Waals surface area contributed by atoms with Gasteiger partial charge < -0.3 is 14.6 Å². The third-order valence-electron chi connectivity index (χ3n) is 4.68. The molecule has 1 unspecified atom stereocenters. The first-order valence-electron chi connectivity index (χ1n) is 8.07. The van der Waals surface area contributed by atoms with E-state index < -0.39 is 0 Å². The van der Waals surface area contributed by atoms with Crippen molar-refractivity contribution >= 4 is 16.9 Å². The number of carbonyl (C=O) groups is 1. The number of nitrogens with one attached hydrogen (secondary N) is 1. The van der Waals surface area contributed by atoms with E-state index >= 15 is 0 Å². The van der Waals surface area contributed by atoms with Crippen molar-refractivity contribution in [3.8, 4) is 11.8 Å². The third kappa shape index (κ3) is 2.82. The Morgan fingerprint density at radius 2 is 2.35 bits per heavy atom. The van der Waals surface area contributed by atoms with Crippen LogP contribution in [0.2, 0.25) is 0 Å². The number of carbonyl (C=O) groups excluding carboxylic acids is 1. The average Bonchev–Trinajstić information content (AvgIpc) is 3.09. The van der Waals surface area contributed by atoms with Gasteiger partial charge in [0.05, 0.1) is 0 Å². The summed E-state index contributed by atoms with van der Waals surface area (Å²) in [7, 11) is 0. The summed E-state index contributed by atoms with van der Waals surface area (Å²) in [6.45, 7) is 5.05. The van der Waals surface area contributed by atoms with E-state index in [0.29, 0.717) is 17.0 Å². The molecule has 118 valence electrons. The lowest BCUT2D eigenvalue weighted by Crippen LogP contribution is -2.47. The van der Waals surface area contributed by atoms with Gasteiger partial charge in [0.15, 0.2) is 5.76 Å². The fraction of sp³-hybridized carbons (Fsp3) is 0.444. The van der Waals surface area contributed by atoms with Gasteiger partial charge in [0.1, 0.15) is 11.3 Å². The van der Waals surface area contributed by atoms with Crippen molar-refractivity contribution in [2.75, 3.05) is 19.6 Å². The number of rotatable bonds is 2. The highest BCUT2D eigenvalue weighted by Crippen LogP contribution is 2.27. The molecule has 0 saturated carbocycles. The van der Waals surface area contributed by atoms with Gasteiger partial charge in [-0.1, -0.05) is 5.92 Å². The van der Waals surface area contributed by atoms with Gasteiger partial charge in [-0.2, -0.15) is 0 Å². The zero-order valence-electron chi connectivity index (χ0n) is 13.1. The molecule has 23 heavy (non-hydrogen) atoms. The zero-order chi connectivity index (χ0) is 15.8. The Morgan fingerprint density at radius 3 is 3.17 bits per heavy atom. The topological polar surface area (TPSA) is 58.4 Å². The van der Waals surface area contributed by atoms with Crippen molar-refractivity contribution in [1.29, 1.82) is 0 Å². The van der Waals surface area contributed by atoms with E-state index in [1.807, 2.05) is 6.07 Å². The molecule has 2 aromatic rings. The van der Waals surface area contributed by atoms with E-state index in [1.165, 1.54) is 13.0 Å². The second kappa shape index (κ2) is 5.71. The van der Waals surface area contributed by atoms with Crippen LogP contribution in [0.15, 0.2) is 22.7 Å². The monoisotopic (exact) mass is 309 g/mol. The second-order valence-electron chi connectivity index (χ2n) is 6.41. The Morgan fingerprint density at radius 1 is 1.43 bits per heavy atom. The average molecular weight is 309 g/mol. The molecule has 0 aromatic carbocycles. The molecule has 5 heteroatoms. The molecule has 1 N–H and O–H groups in total. The highest BCUT2D eigenvalue weighted by Gasteiger charge is 2.33. The van der Waals surface area contributed by atoms with Crippen molar-refractivity contribution in [2.24, 2.45) is 5.92 Å². The van der Waals surface area contributed by atoms with Crippen molar-refractivity contribution < 1.29 is 9.21 Å². The number of pyridine rings is 1. The maximum atomic E-state index is 12.5. The van der Waals surface area contributed by atoms with Crippen LogP contribution in [0.3, 0.4) is 0 Å². The minimum atomic E-state index is -0.126. The highest BCUT2D eigenvalue weighted by atomic mass is 16.3. The normalized spacial score (nSPS) is 25.9. The summed E-state index contributed by atoms with van der Waals surface area (Å²) in [6, 6.07) is 3.76. The third-order valence-corrected chi connectivity index (χ3v) is 4.68. The standard InChI is InChI=1S/C18H19N3O2/c1-2-3-15-7-13-9-19-16(8-17(13)23-15)18(22)20-14-6-12-4-5-21(10-12)11-14/h7-9,12,14H,4-6,10-11H2,1H3,(H,20,22)/t12-,14-/m1/s1. The molecule has 4 heterocycles. The fourth-order valence-electron chi connectivity index (χ4n) is 3.67. The molecule has 2 aliphatic rings. The number of hydrogen-bond donors (Lipinski definition) is 1. The molecule has 5 nitrogen and oxygen atoms in total. The van der Waals surface area contributed by atoms with Crippen LogP contribution in [0.5, 0.6) is 0 Å². The summed E-state index contributed by atoms with van der Waals surface area (Å²) >= 11 is 0. The Balaban J connectivity index is 1.51. The van der Waals surface area contributed by atoms with Crippen LogP contribution in [0, 0.1) is 17.8 Å². The molecular formula is C18H19N3O2. The van der Waals surface area contributed by atoms with E-state index in [9.17, 15) is 4.79 Å². The molecule has 2 bridgehead atoms. The summed E-state index contributed by atoms with van der Waals surface area (Å²) in [5.74, 6) is 6.88. The Bertz CT molecular complexity index is 803. The maximum Gasteiger partial charge on any atom is 0.270 e. The number of fused-ring (bicyclic) bond motifs is 3. The number of amides is 1. The van der Waals surface area contributed by atoms with Gasteiger partial charge in [-0.05, 0) is 38.1 Å². The molecule has 0 spiro atoms. The largest absolute Gasteiger partial charge is 0.448 e. The van der Waals surface area contributed by atoms with Gasteiger partial charge in [0, 0.05) is 42.8 Å². The molecule has 0 radical (unpaired) electrons. The summed E-state index contributed by atoms with van der Waals surface area (Å²) in [5.41, 5.74) is 1.05. The first kappa shape index (κ1) is 14.3. The van der Waals surface area contributed by atoms with E-state index in [1.54, 1.807) is 19.2 Å². The number of hydrogen-bond acceptors (Lipinski definition) is 4. The molecule has 2 aliphatic heterocycles. The lowest BCUT2D eigenvalue weighted by Gasteiger charge is -2.30. The zero-order valence-corrected chi connectivity index (χ0v) is 13.1. The van der Waals surface area contributed by atoms with Crippen LogP contribution in [-0.4, -0.2) is 41.5 Å². The summed E-state index contributed by atoms with van der Waals surface area (Å²) in [4.78, 5) is 19.2. The molecule has 2 aromatic heterocycles. The molecule has 0 aliphatic carbocycles. The first-order chi connectivity index (χ1) is 11.2. The van der Waals surface area contributed by atoms with Crippen LogP contribution in [-0.2, 0) is 0 Å². The summed E-state index contributed by atoms with van der Waals surface area (Å²) in [5, 5.41) is 3.98. The van der Waals surface area contributed by atoms with Gasteiger partial charge in [-0.3, -0.25) is 9.78 Å². The van der Waals surface area contributed by atoms with E-state index in [0.717, 1.165) is 30.8 Å². The number of furan rings is 1. The van der Waals surface area contributed by atoms with Crippen molar-refractivity contribution in [3.05, 3.63) is 29.8 Å². The van der Waals surface area contributed by atoms with E-state index in [4.69, 9.17) is 4.42 Å². The number of aromatic nitrogens is 1. The van der Waals surface area contributed by atoms with E-state index in [2.05, 4.69) is 27.0 Å². The number of nitrogens with zero attached hydrogens (tertiary/aromatic N) is 2. The predicted octanol–water partition coefficient (Wildman–Crippen LogP) is 2.02. The SMILES string of the molecule is CC#Cc1cc2cnc(C(=O)N[C@@H]3C[C@H]4CCN(C4)C3)cc2o1. The molecular weight excluding hydrogens is 290 g/mol. The molecule has 4 rings (SSSR count). The maximum absolute atomic E-state index is 12.5. The van der Waals surface area contributed by atoms with Crippen LogP contribution >= 0.6 is 0 Å². The van der Waals surface area contributed by atoms with Crippen LogP contribution in [0.1, 0.15) is 36.0 Å². The minimum absolute atomic E-state index is 0.126. The van der Waals surface area contributed by atoms with Crippen LogP contribution in [0.25, 0.3) is 11.0 Å². The number of piperidine rings is 1. The molecule has 3 atom stereocenters. The van der Waals surface area contributed by atoms with Gasteiger partial charge >= 0.3 is 0 Å². The molecule has 1 amide bonds. The Hall–Kier alpha value is -2.32. The highest BCUT2D eigenvalue weighted by molar-refractivity contribution is 5.95. The lowest BCUT2D eigenvalue weighted by atomic mass is 9.97. The Labute approximate surface area is 135 Å². The summed E-state index contributed by atoms with van der Waals surface area (Å²) in [6.07, 6.45) is 3.99. The van der Waals surface area contributed by atoms with Crippen LogP contribution in [0.4, 0.5) is 0 Å². The van der Waals surface area contributed by atoms with Crippen LogP contribution < -0.4 is 5.32 Å². The van der Waals surface area contributed by atoms with Crippen molar-refractivity contribution in [1.82, 2.24) is 15.2 Å². The Kier molecular flexibility index (Phi) is 3.55. The minimum Gasteiger partial charge on any atom is -0.448 e. The van der Waals surface area contributed by atoms with Crippen molar-refractivity contribution in [2.45, 2.75) is 25.8 Å². The van der Waals surface area contributed by atoms with Gasteiger partial charge in [0.2, 0.25) is 0 Å². The lowest BCUT2D eigenvalue weighted by molar-refractivity contribution is 0.0904. The fourth-order valence-corrected chi connectivity index (χ4v) is 3.67. The van der Waals surface area contributed by atoms with Crippen molar-refractivity contribution in [3.63, 3.8) is 0 Å².